The Balaban J connectivity index is 1.36. The van der Waals surface area contributed by atoms with Crippen molar-refractivity contribution in [3.8, 4) is 0 Å². The summed E-state index contributed by atoms with van der Waals surface area (Å²) in [4.78, 5) is 12.1. The highest BCUT2D eigenvalue weighted by Crippen LogP contribution is 2.54. The lowest BCUT2D eigenvalue weighted by Gasteiger charge is -2.07. The molecule has 2 heteroatoms. The van der Waals surface area contributed by atoms with Crippen molar-refractivity contribution in [3.05, 3.63) is 102 Å². The number of rotatable bonds is 5. The van der Waals surface area contributed by atoms with E-state index < -0.39 is 0 Å². The molecule has 0 aliphatic heterocycles. The van der Waals surface area contributed by atoms with Crippen LogP contribution in [-0.4, -0.2) is 5.91 Å². The molecule has 2 atom stereocenters. The van der Waals surface area contributed by atoms with Crippen LogP contribution in [0.3, 0.4) is 0 Å². The van der Waals surface area contributed by atoms with Crippen LogP contribution in [0.5, 0.6) is 0 Å². The molecule has 3 aromatic carbocycles. The van der Waals surface area contributed by atoms with E-state index in [0.717, 1.165) is 11.3 Å². The third-order valence-corrected chi connectivity index (χ3v) is 4.85. The molecule has 124 valence electrons. The maximum atomic E-state index is 12.1. The van der Waals surface area contributed by atoms with Gasteiger partial charge in [-0.3, -0.25) is 4.79 Å². The Morgan fingerprint density at radius 3 is 1.96 bits per heavy atom. The Bertz CT molecular complexity index is 840. The van der Waals surface area contributed by atoms with Crippen molar-refractivity contribution in [2.24, 2.45) is 0 Å². The first-order valence-corrected chi connectivity index (χ1v) is 8.78. The Hall–Kier alpha value is -2.87. The predicted octanol–water partition coefficient (Wildman–Crippen LogP) is 5.14. The fourth-order valence-corrected chi connectivity index (χ4v) is 3.43. The van der Waals surface area contributed by atoms with E-state index in [2.05, 4.69) is 47.8 Å². The topological polar surface area (TPSA) is 29.1 Å². The van der Waals surface area contributed by atoms with E-state index in [1.54, 1.807) is 0 Å². The summed E-state index contributed by atoms with van der Waals surface area (Å²) in [6.45, 7) is 0. The third kappa shape index (κ3) is 3.80. The maximum absolute atomic E-state index is 12.1. The molecule has 1 amide bonds. The van der Waals surface area contributed by atoms with Crippen LogP contribution < -0.4 is 5.32 Å². The largest absolute Gasteiger partial charge is 0.326 e. The number of carbonyl (C=O) groups is 1. The molecule has 1 fully saturated rings. The second kappa shape index (κ2) is 6.94. The monoisotopic (exact) mass is 327 g/mol. The fraction of sp³-hybridized carbons (Fsp3) is 0.174. The van der Waals surface area contributed by atoms with Gasteiger partial charge in [0.25, 0.3) is 0 Å². The Kier molecular flexibility index (Phi) is 4.34. The number of nitrogens with one attached hydrogen (secondary N) is 1. The summed E-state index contributed by atoms with van der Waals surface area (Å²) < 4.78 is 0. The highest BCUT2D eigenvalue weighted by Gasteiger charge is 2.39. The molecule has 1 N–H and O–H groups in total. The summed E-state index contributed by atoms with van der Waals surface area (Å²) in [6, 6.07) is 28.8. The van der Waals surface area contributed by atoms with E-state index in [-0.39, 0.29) is 5.91 Å². The van der Waals surface area contributed by atoms with Crippen LogP contribution in [-0.2, 0) is 11.2 Å². The summed E-state index contributed by atoms with van der Waals surface area (Å²) in [5.41, 5.74) is 4.67. The SMILES string of the molecule is O=C(Cc1ccccc1)Nc1ccc(C2CC2c2ccccc2)cc1. The summed E-state index contributed by atoms with van der Waals surface area (Å²) in [6.07, 6.45) is 1.62. The summed E-state index contributed by atoms with van der Waals surface area (Å²) in [5.74, 6) is 1.27. The van der Waals surface area contributed by atoms with Crippen molar-refractivity contribution >= 4 is 11.6 Å². The zero-order valence-electron chi connectivity index (χ0n) is 14.1. The van der Waals surface area contributed by atoms with Crippen LogP contribution >= 0.6 is 0 Å². The van der Waals surface area contributed by atoms with Gasteiger partial charge in [-0.05, 0) is 47.1 Å². The molecule has 0 bridgehead atoms. The smallest absolute Gasteiger partial charge is 0.228 e. The number of carbonyl (C=O) groups excluding carboxylic acids is 1. The van der Waals surface area contributed by atoms with E-state index in [0.29, 0.717) is 18.3 Å². The van der Waals surface area contributed by atoms with E-state index in [1.165, 1.54) is 17.5 Å². The average Bonchev–Trinajstić information content (AvgIpc) is 3.45. The van der Waals surface area contributed by atoms with Gasteiger partial charge in [0.1, 0.15) is 0 Å². The van der Waals surface area contributed by atoms with Crippen LogP contribution in [0.1, 0.15) is 34.9 Å². The fourth-order valence-electron chi connectivity index (χ4n) is 3.43. The van der Waals surface area contributed by atoms with Gasteiger partial charge in [0.2, 0.25) is 5.91 Å². The number of anilines is 1. The van der Waals surface area contributed by atoms with Crippen LogP contribution in [0.25, 0.3) is 0 Å². The quantitative estimate of drug-likeness (QED) is 0.691. The van der Waals surface area contributed by atoms with Crippen LogP contribution in [0, 0.1) is 0 Å². The van der Waals surface area contributed by atoms with Crippen molar-refractivity contribution in [1.82, 2.24) is 0 Å². The zero-order valence-corrected chi connectivity index (χ0v) is 14.1. The van der Waals surface area contributed by atoms with E-state index in [4.69, 9.17) is 0 Å². The molecule has 2 unspecified atom stereocenters. The molecule has 0 saturated heterocycles. The number of benzene rings is 3. The van der Waals surface area contributed by atoms with Crippen molar-refractivity contribution < 1.29 is 4.79 Å². The minimum Gasteiger partial charge on any atom is -0.326 e. The van der Waals surface area contributed by atoms with Gasteiger partial charge in [0.15, 0.2) is 0 Å². The lowest BCUT2D eigenvalue weighted by Crippen LogP contribution is -2.14. The Morgan fingerprint density at radius 2 is 1.32 bits per heavy atom. The lowest BCUT2D eigenvalue weighted by atomic mass is 10.0. The molecule has 1 saturated carbocycles. The molecule has 1 aliphatic carbocycles. The van der Waals surface area contributed by atoms with Crippen molar-refractivity contribution in [2.75, 3.05) is 5.32 Å². The summed E-state index contributed by atoms with van der Waals surface area (Å²) in [5, 5.41) is 2.98. The zero-order chi connectivity index (χ0) is 17.1. The van der Waals surface area contributed by atoms with Crippen molar-refractivity contribution in [2.45, 2.75) is 24.7 Å². The van der Waals surface area contributed by atoms with Crippen LogP contribution in [0.2, 0.25) is 0 Å². The van der Waals surface area contributed by atoms with Gasteiger partial charge in [-0.1, -0.05) is 72.8 Å². The molecular formula is C23H21NO. The first-order valence-electron chi connectivity index (χ1n) is 8.78. The highest BCUT2D eigenvalue weighted by atomic mass is 16.1. The number of amides is 1. The lowest BCUT2D eigenvalue weighted by molar-refractivity contribution is -0.115. The average molecular weight is 327 g/mol. The van der Waals surface area contributed by atoms with Gasteiger partial charge in [-0.25, -0.2) is 0 Å². The minimum atomic E-state index is 0.0209. The van der Waals surface area contributed by atoms with Gasteiger partial charge in [-0.2, -0.15) is 0 Å². The minimum absolute atomic E-state index is 0.0209. The summed E-state index contributed by atoms with van der Waals surface area (Å²) in [7, 11) is 0. The molecule has 0 spiro atoms. The molecule has 25 heavy (non-hydrogen) atoms. The molecule has 0 heterocycles. The van der Waals surface area contributed by atoms with Crippen molar-refractivity contribution in [1.29, 1.82) is 0 Å². The second-order valence-corrected chi connectivity index (χ2v) is 6.69. The van der Waals surface area contributed by atoms with Crippen molar-refractivity contribution in [3.63, 3.8) is 0 Å². The Labute approximate surface area is 148 Å². The molecule has 0 radical (unpaired) electrons. The first-order chi connectivity index (χ1) is 12.3. The highest BCUT2D eigenvalue weighted by molar-refractivity contribution is 5.92. The van der Waals surface area contributed by atoms with E-state index in [1.807, 2.05) is 42.5 Å². The number of hydrogen-bond acceptors (Lipinski definition) is 1. The van der Waals surface area contributed by atoms with E-state index >= 15 is 0 Å². The van der Waals surface area contributed by atoms with Gasteiger partial charge in [-0.15, -0.1) is 0 Å². The third-order valence-electron chi connectivity index (χ3n) is 4.85. The van der Waals surface area contributed by atoms with Gasteiger partial charge in [0.05, 0.1) is 6.42 Å². The second-order valence-electron chi connectivity index (χ2n) is 6.69. The number of hydrogen-bond donors (Lipinski definition) is 1. The molecule has 2 nitrogen and oxygen atoms in total. The van der Waals surface area contributed by atoms with Crippen LogP contribution in [0.4, 0.5) is 5.69 Å². The standard InChI is InChI=1S/C23H21NO/c25-23(15-17-7-3-1-4-8-17)24-20-13-11-19(12-14-20)22-16-21(22)18-9-5-2-6-10-18/h1-14,21-22H,15-16H2,(H,24,25). The van der Waals surface area contributed by atoms with E-state index in [9.17, 15) is 4.79 Å². The van der Waals surface area contributed by atoms with Crippen LogP contribution in [0.15, 0.2) is 84.9 Å². The maximum Gasteiger partial charge on any atom is 0.228 e. The molecule has 0 aromatic heterocycles. The predicted molar refractivity (Wildman–Crippen MR) is 102 cm³/mol. The van der Waals surface area contributed by atoms with Gasteiger partial charge in [0, 0.05) is 5.69 Å². The molecular weight excluding hydrogens is 306 g/mol. The molecule has 3 aromatic rings. The Morgan fingerprint density at radius 1 is 0.760 bits per heavy atom. The molecule has 1 aliphatic rings. The van der Waals surface area contributed by atoms with Gasteiger partial charge < -0.3 is 5.32 Å². The first kappa shape index (κ1) is 15.6. The van der Waals surface area contributed by atoms with Gasteiger partial charge >= 0.3 is 0 Å². The normalized spacial score (nSPS) is 18.6. The summed E-state index contributed by atoms with van der Waals surface area (Å²) >= 11 is 0. The molecule has 4 rings (SSSR count).